The van der Waals surface area contributed by atoms with Crippen LogP contribution in [0.1, 0.15) is 11.3 Å². The zero-order valence-corrected chi connectivity index (χ0v) is 15.1. The molecule has 3 N–H and O–H groups in total. The fraction of sp³-hybridized carbons (Fsp3) is 0.278. The maximum absolute atomic E-state index is 14.5. The molecule has 1 aliphatic heterocycles. The van der Waals surface area contributed by atoms with Crippen LogP contribution in [0.3, 0.4) is 0 Å². The Kier molecular flexibility index (Phi) is 6.08. The molecule has 0 aliphatic carbocycles. The van der Waals surface area contributed by atoms with Crippen LogP contribution in [0.4, 0.5) is 10.1 Å². The third-order valence-corrected chi connectivity index (χ3v) is 4.28. The zero-order valence-electron chi connectivity index (χ0n) is 14.3. The third-order valence-electron chi connectivity index (χ3n) is 4.18. The van der Waals surface area contributed by atoms with Gasteiger partial charge >= 0.3 is 0 Å². The molecule has 2 heterocycles. The van der Waals surface area contributed by atoms with Crippen molar-refractivity contribution >= 4 is 29.2 Å². The van der Waals surface area contributed by atoms with Gasteiger partial charge in [-0.1, -0.05) is 12.1 Å². The fourth-order valence-electron chi connectivity index (χ4n) is 2.90. The van der Waals surface area contributed by atoms with Crippen molar-refractivity contribution in [1.82, 2.24) is 15.3 Å². The van der Waals surface area contributed by atoms with Crippen LogP contribution in [0.15, 0.2) is 47.7 Å². The quantitative estimate of drug-likeness (QED) is 0.473. The van der Waals surface area contributed by atoms with Crippen LogP contribution in [0.2, 0.25) is 0 Å². The number of benzene rings is 1. The summed E-state index contributed by atoms with van der Waals surface area (Å²) < 4.78 is 14.5. The summed E-state index contributed by atoms with van der Waals surface area (Å²) in [5.74, 6) is -0.262. The first-order valence-corrected chi connectivity index (χ1v) is 8.78. The summed E-state index contributed by atoms with van der Waals surface area (Å²) in [5.41, 5.74) is 10.0. The molecule has 0 amide bonds. The van der Waals surface area contributed by atoms with E-state index < -0.39 is 0 Å². The second-order valence-corrected chi connectivity index (χ2v) is 6.47. The number of anilines is 1. The number of hydrazone groups is 1. The standard InChI is InChI=1S/C18H21FN6S/c19-16-11-14(12-22-23-18(20)26)4-5-17(16)25-9-7-24(8-10-25)13-15-3-1-2-6-21-15/h1-6,11-12H,7-10,13H2,(H3,20,23,26). The van der Waals surface area contributed by atoms with Gasteiger partial charge in [-0.15, -0.1) is 0 Å². The lowest BCUT2D eigenvalue weighted by atomic mass is 10.1. The molecule has 6 nitrogen and oxygen atoms in total. The highest BCUT2D eigenvalue weighted by atomic mass is 32.1. The number of hydrogen-bond donors (Lipinski definition) is 2. The summed E-state index contributed by atoms with van der Waals surface area (Å²) in [7, 11) is 0. The summed E-state index contributed by atoms with van der Waals surface area (Å²) in [6.45, 7) is 4.12. The van der Waals surface area contributed by atoms with E-state index in [1.54, 1.807) is 6.07 Å². The predicted octanol–water partition coefficient (Wildman–Crippen LogP) is 1.71. The van der Waals surface area contributed by atoms with Crippen LogP contribution in [0.25, 0.3) is 0 Å². The van der Waals surface area contributed by atoms with Crippen molar-refractivity contribution in [2.45, 2.75) is 6.54 Å². The highest BCUT2D eigenvalue weighted by Crippen LogP contribution is 2.22. The van der Waals surface area contributed by atoms with Crippen LogP contribution in [0.5, 0.6) is 0 Å². The number of nitrogens with two attached hydrogens (primary N) is 1. The summed E-state index contributed by atoms with van der Waals surface area (Å²) in [5, 5.41) is 3.91. The molecule has 8 heteroatoms. The SMILES string of the molecule is NC(=S)NN=Cc1ccc(N2CCN(Cc3ccccn3)CC2)c(F)c1. The number of aromatic nitrogens is 1. The monoisotopic (exact) mass is 372 g/mol. The van der Waals surface area contributed by atoms with Crippen molar-refractivity contribution in [2.75, 3.05) is 31.1 Å². The van der Waals surface area contributed by atoms with Crippen LogP contribution in [-0.2, 0) is 6.54 Å². The van der Waals surface area contributed by atoms with Gasteiger partial charge in [0.1, 0.15) is 5.82 Å². The number of halogens is 1. The van der Waals surface area contributed by atoms with Crippen molar-refractivity contribution in [2.24, 2.45) is 10.8 Å². The average Bonchev–Trinajstić information content (AvgIpc) is 2.63. The molecular weight excluding hydrogens is 351 g/mol. The Morgan fingerprint density at radius 1 is 1.27 bits per heavy atom. The van der Waals surface area contributed by atoms with Gasteiger partial charge in [0, 0.05) is 38.9 Å². The molecule has 0 spiro atoms. The first-order valence-electron chi connectivity index (χ1n) is 8.37. The van der Waals surface area contributed by atoms with Crippen molar-refractivity contribution < 1.29 is 4.39 Å². The molecule has 2 aromatic rings. The molecule has 0 unspecified atom stereocenters. The Hall–Kier alpha value is -2.58. The van der Waals surface area contributed by atoms with Crippen LogP contribution < -0.4 is 16.1 Å². The number of rotatable bonds is 5. The van der Waals surface area contributed by atoms with E-state index in [4.69, 9.17) is 5.73 Å². The lowest BCUT2D eigenvalue weighted by molar-refractivity contribution is 0.246. The van der Waals surface area contributed by atoms with E-state index in [1.165, 1.54) is 12.3 Å². The van der Waals surface area contributed by atoms with Crippen LogP contribution >= 0.6 is 12.2 Å². The van der Waals surface area contributed by atoms with Crippen molar-refractivity contribution in [3.63, 3.8) is 0 Å². The van der Waals surface area contributed by atoms with Gasteiger partial charge in [0.05, 0.1) is 17.6 Å². The number of hydrogen-bond acceptors (Lipinski definition) is 5. The molecule has 0 saturated carbocycles. The fourth-order valence-corrected chi connectivity index (χ4v) is 2.95. The Morgan fingerprint density at radius 2 is 2.08 bits per heavy atom. The first-order chi connectivity index (χ1) is 12.6. The summed E-state index contributed by atoms with van der Waals surface area (Å²) in [6.07, 6.45) is 3.29. The highest BCUT2D eigenvalue weighted by Gasteiger charge is 2.19. The third kappa shape index (κ3) is 4.96. The lowest BCUT2D eigenvalue weighted by Gasteiger charge is -2.36. The Labute approximate surface area is 157 Å². The molecule has 1 fully saturated rings. The van der Waals surface area contributed by atoms with Gasteiger partial charge < -0.3 is 10.6 Å². The second-order valence-electron chi connectivity index (χ2n) is 6.03. The molecule has 1 aliphatic rings. The Morgan fingerprint density at radius 3 is 2.73 bits per heavy atom. The van der Waals surface area contributed by atoms with Gasteiger partial charge in [-0.2, -0.15) is 5.10 Å². The molecule has 0 radical (unpaired) electrons. The smallest absolute Gasteiger partial charge is 0.184 e. The van der Waals surface area contributed by atoms with Crippen LogP contribution in [0, 0.1) is 5.82 Å². The minimum absolute atomic E-state index is 0.0712. The minimum Gasteiger partial charge on any atom is -0.375 e. The molecule has 0 bridgehead atoms. The van der Waals surface area contributed by atoms with E-state index in [0.717, 1.165) is 38.4 Å². The number of nitrogens with zero attached hydrogens (tertiary/aromatic N) is 4. The second kappa shape index (κ2) is 8.68. The largest absolute Gasteiger partial charge is 0.375 e. The molecule has 26 heavy (non-hydrogen) atoms. The predicted molar refractivity (Wildman–Crippen MR) is 106 cm³/mol. The number of pyridine rings is 1. The molecule has 136 valence electrons. The molecule has 1 aromatic heterocycles. The number of nitrogens with one attached hydrogen (secondary N) is 1. The average molecular weight is 372 g/mol. The van der Waals surface area contributed by atoms with Gasteiger partial charge in [-0.05, 0) is 42.0 Å². The van der Waals surface area contributed by atoms with E-state index in [0.29, 0.717) is 11.3 Å². The summed E-state index contributed by atoms with van der Waals surface area (Å²) in [6, 6.07) is 11.0. The molecule has 1 aromatic carbocycles. The maximum atomic E-state index is 14.5. The number of piperazine rings is 1. The van der Waals surface area contributed by atoms with E-state index in [9.17, 15) is 4.39 Å². The Balaban J connectivity index is 1.57. The van der Waals surface area contributed by atoms with Crippen molar-refractivity contribution in [3.8, 4) is 0 Å². The number of thiocarbonyl (C=S) groups is 1. The van der Waals surface area contributed by atoms with E-state index in [1.807, 2.05) is 30.5 Å². The van der Waals surface area contributed by atoms with E-state index in [2.05, 4.69) is 37.5 Å². The topological polar surface area (TPSA) is 69.8 Å². The maximum Gasteiger partial charge on any atom is 0.184 e. The molecule has 1 saturated heterocycles. The van der Waals surface area contributed by atoms with Crippen molar-refractivity contribution in [3.05, 3.63) is 59.7 Å². The lowest BCUT2D eigenvalue weighted by Crippen LogP contribution is -2.46. The normalized spacial score (nSPS) is 15.3. The van der Waals surface area contributed by atoms with E-state index in [-0.39, 0.29) is 10.9 Å². The van der Waals surface area contributed by atoms with Gasteiger partial charge in [-0.25, -0.2) is 4.39 Å². The van der Waals surface area contributed by atoms with E-state index >= 15 is 0 Å². The Bertz CT molecular complexity index is 775. The zero-order chi connectivity index (χ0) is 18.4. The minimum atomic E-state index is -0.262. The first kappa shape index (κ1) is 18.2. The van der Waals surface area contributed by atoms with Gasteiger partial charge in [-0.3, -0.25) is 15.3 Å². The highest BCUT2D eigenvalue weighted by molar-refractivity contribution is 7.80. The molecular formula is C18H21FN6S. The molecule has 0 atom stereocenters. The van der Waals surface area contributed by atoms with Gasteiger partial charge in [0.2, 0.25) is 0 Å². The molecule has 3 rings (SSSR count). The summed E-state index contributed by atoms with van der Waals surface area (Å²) >= 11 is 4.66. The van der Waals surface area contributed by atoms with Gasteiger partial charge in [0.25, 0.3) is 0 Å². The van der Waals surface area contributed by atoms with Gasteiger partial charge in [0.15, 0.2) is 5.11 Å². The van der Waals surface area contributed by atoms with Crippen molar-refractivity contribution in [1.29, 1.82) is 0 Å². The van der Waals surface area contributed by atoms with Crippen LogP contribution in [-0.4, -0.2) is 47.4 Å². The summed E-state index contributed by atoms with van der Waals surface area (Å²) in [4.78, 5) is 8.76.